The van der Waals surface area contributed by atoms with Crippen LogP contribution in [0.2, 0.25) is 0 Å². The van der Waals surface area contributed by atoms with E-state index in [1.807, 2.05) is 0 Å². The third-order valence-electron chi connectivity index (χ3n) is 4.15. The first kappa shape index (κ1) is 16.9. The highest BCUT2D eigenvalue weighted by Gasteiger charge is 2.47. The van der Waals surface area contributed by atoms with Gasteiger partial charge < -0.3 is 15.2 Å². The van der Waals surface area contributed by atoms with Gasteiger partial charge in [0.25, 0.3) is 0 Å². The summed E-state index contributed by atoms with van der Waals surface area (Å²) in [7, 11) is 1.75. The molecule has 1 aliphatic heterocycles. The van der Waals surface area contributed by atoms with Crippen LogP contribution in [0.3, 0.4) is 0 Å². The van der Waals surface area contributed by atoms with Crippen LogP contribution in [0, 0.1) is 5.92 Å². The van der Waals surface area contributed by atoms with Crippen molar-refractivity contribution >= 4 is 0 Å². The van der Waals surface area contributed by atoms with Crippen LogP contribution < -0.4 is 5.73 Å². The van der Waals surface area contributed by atoms with E-state index in [9.17, 15) is 0 Å². The zero-order valence-corrected chi connectivity index (χ0v) is 13.7. The van der Waals surface area contributed by atoms with Crippen LogP contribution in [-0.4, -0.2) is 55.0 Å². The second kappa shape index (κ2) is 5.68. The molecule has 1 fully saturated rings. The van der Waals surface area contributed by atoms with Crippen molar-refractivity contribution in [1.29, 1.82) is 0 Å². The van der Waals surface area contributed by atoms with E-state index >= 15 is 0 Å². The standard InChI is InChI=1S/C15H32N2O2/c1-12(2)15(8-16,11-18-7)17-9-13(3,4)19-14(5,6)10-17/h12H,8-11,16H2,1-7H3. The molecule has 1 aliphatic rings. The SMILES string of the molecule is COCC(CN)(C(C)C)N1CC(C)(C)OC(C)(C)C1. The molecule has 0 spiro atoms. The van der Waals surface area contributed by atoms with Gasteiger partial charge in [0, 0.05) is 26.7 Å². The minimum absolute atomic E-state index is 0.118. The summed E-state index contributed by atoms with van der Waals surface area (Å²) in [5.41, 5.74) is 5.70. The van der Waals surface area contributed by atoms with Crippen molar-refractivity contribution in [3.63, 3.8) is 0 Å². The first-order valence-electron chi connectivity index (χ1n) is 7.23. The van der Waals surface area contributed by atoms with Gasteiger partial charge in [0.1, 0.15) is 0 Å². The number of nitrogens with zero attached hydrogens (tertiary/aromatic N) is 1. The molecule has 0 aromatic heterocycles. The predicted molar refractivity (Wildman–Crippen MR) is 79.3 cm³/mol. The Morgan fingerprint density at radius 3 is 2.00 bits per heavy atom. The number of nitrogens with two attached hydrogens (primary N) is 1. The van der Waals surface area contributed by atoms with Crippen molar-refractivity contribution in [2.45, 2.75) is 58.3 Å². The van der Waals surface area contributed by atoms with E-state index in [0.29, 0.717) is 19.1 Å². The Balaban J connectivity index is 3.08. The maximum Gasteiger partial charge on any atom is 0.0761 e. The molecule has 0 amide bonds. The largest absolute Gasteiger partial charge is 0.383 e. The number of morpholine rings is 1. The van der Waals surface area contributed by atoms with E-state index in [1.165, 1.54) is 0 Å². The molecule has 0 aliphatic carbocycles. The molecule has 19 heavy (non-hydrogen) atoms. The number of hydrogen-bond donors (Lipinski definition) is 1. The second-order valence-corrected chi connectivity index (χ2v) is 7.37. The first-order chi connectivity index (χ1) is 8.58. The summed E-state index contributed by atoms with van der Waals surface area (Å²) in [6.45, 7) is 16.1. The van der Waals surface area contributed by atoms with Crippen LogP contribution in [0.4, 0.5) is 0 Å². The van der Waals surface area contributed by atoms with Gasteiger partial charge in [-0.2, -0.15) is 0 Å². The monoisotopic (exact) mass is 272 g/mol. The lowest BCUT2D eigenvalue weighted by Gasteiger charge is -2.55. The van der Waals surface area contributed by atoms with Gasteiger partial charge in [-0.05, 0) is 33.6 Å². The van der Waals surface area contributed by atoms with E-state index in [-0.39, 0.29) is 16.7 Å². The van der Waals surface area contributed by atoms with Gasteiger partial charge >= 0.3 is 0 Å². The summed E-state index contributed by atoms with van der Waals surface area (Å²) in [4.78, 5) is 2.48. The van der Waals surface area contributed by atoms with Crippen LogP contribution >= 0.6 is 0 Å². The third-order valence-corrected chi connectivity index (χ3v) is 4.15. The smallest absolute Gasteiger partial charge is 0.0761 e. The lowest BCUT2D eigenvalue weighted by Crippen LogP contribution is -2.69. The van der Waals surface area contributed by atoms with E-state index in [4.69, 9.17) is 15.2 Å². The molecule has 2 N–H and O–H groups in total. The quantitative estimate of drug-likeness (QED) is 0.830. The van der Waals surface area contributed by atoms with E-state index in [0.717, 1.165) is 13.1 Å². The normalized spacial score (nSPS) is 26.4. The summed E-state index contributed by atoms with van der Waals surface area (Å²) >= 11 is 0. The van der Waals surface area contributed by atoms with Crippen LogP contribution in [0.1, 0.15) is 41.5 Å². The summed E-state index contributed by atoms with van der Waals surface area (Å²) in [5, 5.41) is 0. The molecule has 1 rings (SSSR count). The summed E-state index contributed by atoms with van der Waals surface area (Å²) in [5.74, 6) is 0.433. The molecule has 1 heterocycles. The maximum absolute atomic E-state index is 6.17. The van der Waals surface area contributed by atoms with Crippen molar-refractivity contribution in [1.82, 2.24) is 4.90 Å². The summed E-state index contributed by atoms with van der Waals surface area (Å²) < 4.78 is 11.7. The minimum Gasteiger partial charge on any atom is -0.383 e. The molecule has 4 nitrogen and oxygen atoms in total. The van der Waals surface area contributed by atoms with Gasteiger partial charge in [-0.1, -0.05) is 13.8 Å². The number of hydrogen-bond acceptors (Lipinski definition) is 4. The molecule has 1 unspecified atom stereocenters. The fraction of sp³-hybridized carbons (Fsp3) is 1.00. The zero-order chi connectivity index (χ0) is 14.9. The van der Waals surface area contributed by atoms with Crippen LogP contribution in [0.5, 0.6) is 0 Å². The van der Waals surface area contributed by atoms with Crippen LogP contribution in [0.25, 0.3) is 0 Å². The molecule has 1 atom stereocenters. The lowest BCUT2D eigenvalue weighted by atomic mass is 9.82. The number of ether oxygens (including phenoxy) is 2. The average molecular weight is 272 g/mol. The van der Waals surface area contributed by atoms with Crippen LogP contribution in [-0.2, 0) is 9.47 Å². The minimum atomic E-state index is -0.162. The Morgan fingerprint density at radius 1 is 1.21 bits per heavy atom. The molecular formula is C15H32N2O2. The predicted octanol–water partition coefficient (Wildman–Crippen LogP) is 1.88. The van der Waals surface area contributed by atoms with E-state index in [1.54, 1.807) is 7.11 Å². The Morgan fingerprint density at radius 2 is 1.68 bits per heavy atom. The van der Waals surface area contributed by atoms with Crippen molar-refractivity contribution in [2.24, 2.45) is 11.7 Å². The topological polar surface area (TPSA) is 47.7 Å². The van der Waals surface area contributed by atoms with Gasteiger partial charge in [0.15, 0.2) is 0 Å². The molecular weight excluding hydrogens is 240 g/mol. The second-order valence-electron chi connectivity index (χ2n) is 7.37. The Kier molecular flexibility index (Phi) is 5.05. The highest BCUT2D eigenvalue weighted by Crippen LogP contribution is 2.35. The lowest BCUT2D eigenvalue weighted by molar-refractivity contribution is -0.208. The molecule has 0 bridgehead atoms. The van der Waals surface area contributed by atoms with Gasteiger partial charge in [0.2, 0.25) is 0 Å². The molecule has 1 saturated heterocycles. The Bertz CT molecular complexity index is 287. The molecule has 4 heteroatoms. The third kappa shape index (κ3) is 3.69. The highest BCUT2D eigenvalue weighted by molar-refractivity contribution is 5.01. The number of rotatable bonds is 5. The molecule has 0 aromatic rings. The van der Waals surface area contributed by atoms with Gasteiger partial charge in [-0.15, -0.1) is 0 Å². The molecule has 0 saturated carbocycles. The fourth-order valence-corrected chi connectivity index (χ4v) is 3.40. The van der Waals surface area contributed by atoms with Gasteiger partial charge in [-0.25, -0.2) is 0 Å². The maximum atomic E-state index is 6.17. The average Bonchev–Trinajstić information content (AvgIpc) is 2.20. The summed E-state index contributed by atoms with van der Waals surface area (Å²) in [6, 6.07) is 0. The Labute approximate surface area is 118 Å². The van der Waals surface area contributed by atoms with Crippen LogP contribution in [0.15, 0.2) is 0 Å². The molecule has 0 aromatic carbocycles. The van der Waals surface area contributed by atoms with Crippen molar-refractivity contribution in [2.75, 3.05) is 33.4 Å². The molecule has 0 radical (unpaired) electrons. The zero-order valence-electron chi connectivity index (χ0n) is 13.7. The van der Waals surface area contributed by atoms with Crippen molar-refractivity contribution in [3.05, 3.63) is 0 Å². The van der Waals surface area contributed by atoms with Crippen molar-refractivity contribution in [3.8, 4) is 0 Å². The Hall–Kier alpha value is -0.160. The first-order valence-corrected chi connectivity index (χ1v) is 7.23. The van der Waals surface area contributed by atoms with Crippen molar-refractivity contribution < 1.29 is 9.47 Å². The summed E-state index contributed by atoms with van der Waals surface area (Å²) in [6.07, 6.45) is 0. The number of methoxy groups -OCH3 is 1. The molecule has 114 valence electrons. The highest BCUT2D eigenvalue weighted by atomic mass is 16.5. The van der Waals surface area contributed by atoms with Gasteiger partial charge in [-0.3, -0.25) is 4.90 Å². The van der Waals surface area contributed by atoms with E-state index < -0.39 is 0 Å². The fourth-order valence-electron chi connectivity index (χ4n) is 3.40. The van der Waals surface area contributed by atoms with E-state index in [2.05, 4.69) is 46.4 Å². The van der Waals surface area contributed by atoms with Gasteiger partial charge in [0.05, 0.1) is 23.3 Å².